The summed E-state index contributed by atoms with van der Waals surface area (Å²) in [5.41, 5.74) is 4.21. The zero-order valence-corrected chi connectivity index (χ0v) is 15.7. The largest absolute Gasteiger partial charge is 0.493 e. The molecule has 1 heterocycles. The van der Waals surface area contributed by atoms with E-state index in [0.29, 0.717) is 0 Å². The molecule has 2 N–H and O–H groups in total. The monoisotopic (exact) mass is 359 g/mol. The number of hydrogen-bond donors (Lipinski definition) is 2. The number of rotatable bonds is 4. The number of nitrogens with one attached hydrogen (secondary N) is 1. The van der Waals surface area contributed by atoms with Gasteiger partial charge in [0.2, 0.25) is 0 Å². The van der Waals surface area contributed by atoms with Crippen molar-refractivity contribution < 1.29 is 19.4 Å². The van der Waals surface area contributed by atoms with Crippen molar-refractivity contribution in [1.82, 2.24) is 5.48 Å². The highest BCUT2D eigenvalue weighted by molar-refractivity contribution is 5.68. The molecule has 3 aliphatic rings. The maximum Gasteiger partial charge on any atom is 0.162 e. The minimum Gasteiger partial charge on any atom is -0.493 e. The molecular formula is C21H29NO4. The van der Waals surface area contributed by atoms with Crippen molar-refractivity contribution >= 4 is 5.70 Å². The predicted molar refractivity (Wildman–Crippen MR) is 99.9 cm³/mol. The highest BCUT2D eigenvalue weighted by Crippen LogP contribution is 2.42. The molecule has 2 saturated carbocycles. The minimum atomic E-state index is -0.576. The van der Waals surface area contributed by atoms with Gasteiger partial charge < -0.3 is 14.6 Å². The minimum absolute atomic E-state index is 0.285. The first-order valence-corrected chi connectivity index (χ1v) is 9.73. The van der Waals surface area contributed by atoms with Gasteiger partial charge in [-0.1, -0.05) is 0 Å². The van der Waals surface area contributed by atoms with Crippen LogP contribution in [0.2, 0.25) is 0 Å². The van der Waals surface area contributed by atoms with Crippen molar-refractivity contribution in [2.24, 2.45) is 0 Å². The van der Waals surface area contributed by atoms with E-state index in [-0.39, 0.29) is 11.7 Å². The summed E-state index contributed by atoms with van der Waals surface area (Å²) in [6.45, 7) is 1.91. The lowest BCUT2D eigenvalue weighted by molar-refractivity contribution is -0.0984. The summed E-state index contributed by atoms with van der Waals surface area (Å²) in [5.74, 6) is 1.57. The van der Waals surface area contributed by atoms with E-state index in [9.17, 15) is 5.11 Å². The van der Waals surface area contributed by atoms with E-state index in [1.165, 1.54) is 12.8 Å². The van der Waals surface area contributed by atoms with Gasteiger partial charge in [-0.25, -0.2) is 0 Å². The summed E-state index contributed by atoms with van der Waals surface area (Å²) in [5, 5.41) is 10.2. The van der Waals surface area contributed by atoms with Gasteiger partial charge in [0.1, 0.15) is 5.60 Å². The Morgan fingerprint density at radius 2 is 1.85 bits per heavy atom. The molecule has 0 aromatic heterocycles. The molecule has 5 nitrogen and oxygen atoms in total. The molecule has 0 amide bonds. The molecule has 0 unspecified atom stereocenters. The van der Waals surface area contributed by atoms with Gasteiger partial charge in [-0.15, -0.1) is 0 Å². The summed E-state index contributed by atoms with van der Waals surface area (Å²) in [7, 11) is 1.68. The van der Waals surface area contributed by atoms with Crippen LogP contribution in [-0.2, 0) is 4.84 Å². The lowest BCUT2D eigenvalue weighted by Gasteiger charge is -2.37. The first kappa shape index (κ1) is 17.7. The van der Waals surface area contributed by atoms with E-state index in [4.69, 9.17) is 14.3 Å². The summed E-state index contributed by atoms with van der Waals surface area (Å²) in [6.07, 6.45) is 10.3. The molecule has 0 bridgehead atoms. The first-order valence-electron chi connectivity index (χ1n) is 9.73. The molecule has 0 atom stereocenters. The van der Waals surface area contributed by atoms with Crippen LogP contribution in [0.5, 0.6) is 11.5 Å². The lowest BCUT2D eigenvalue weighted by atomic mass is 9.77. The quantitative estimate of drug-likeness (QED) is 0.852. The third-order valence-corrected chi connectivity index (χ3v) is 6.02. The van der Waals surface area contributed by atoms with Crippen LogP contribution >= 0.6 is 0 Å². The molecule has 26 heavy (non-hydrogen) atoms. The second-order valence-electron chi connectivity index (χ2n) is 8.21. The average molecular weight is 359 g/mol. The Morgan fingerprint density at radius 1 is 1.12 bits per heavy atom. The Bertz CT molecular complexity index is 681. The highest BCUT2D eigenvalue weighted by Gasteiger charge is 2.42. The zero-order chi connectivity index (χ0) is 18.2. The average Bonchev–Trinajstić information content (AvgIpc) is 3.28. The maximum atomic E-state index is 10.2. The van der Waals surface area contributed by atoms with E-state index in [2.05, 4.69) is 11.6 Å². The Morgan fingerprint density at radius 3 is 2.54 bits per heavy atom. The van der Waals surface area contributed by atoms with Crippen LogP contribution in [0.3, 0.4) is 0 Å². The molecule has 2 aliphatic carbocycles. The van der Waals surface area contributed by atoms with Crippen LogP contribution < -0.4 is 15.0 Å². The molecule has 4 rings (SSSR count). The van der Waals surface area contributed by atoms with Crippen LogP contribution in [0, 0.1) is 0 Å². The van der Waals surface area contributed by atoms with Gasteiger partial charge in [0.15, 0.2) is 11.5 Å². The molecule has 142 valence electrons. The summed E-state index contributed by atoms with van der Waals surface area (Å²) < 4.78 is 11.7. The second-order valence-corrected chi connectivity index (χ2v) is 8.21. The van der Waals surface area contributed by atoms with Gasteiger partial charge in [-0.05, 0) is 82.6 Å². The molecule has 0 saturated heterocycles. The highest BCUT2D eigenvalue weighted by atomic mass is 16.7. The van der Waals surface area contributed by atoms with Crippen LogP contribution in [-0.4, -0.2) is 29.5 Å². The van der Waals surface area contributed by atoms with Crippen molar-refractivity contribution in [2.45, 2.75) is 75.6 Å². The second kappa shape index (κ2) is 6.78. The summed E-state index contributed by atoms with van der Waals surface area (Å²) in [6, 6.07) is 6.02. The maximum absolute atomic E-state index is 10.2. The number of ether oxygens (including phenoxy) is 2. The van der Waals surface area contributed by atoms with E-state index in [1.54, 1.807) is 7.11 Å². The van der Waals surface area contributed by atoms with Gasteiger partial charge in [0.25, 0.3) is 0 Å². The SMILES string of the molecule is COc1ccc(C2=CC3(CCC(C)(O)CC3)ON2)cc1OC1CCCC1. The summed E-state index contributed by atoms with van der Waals surface area (Å²) in [4.78, 5) is 5.95. The van der Waals surface area contributed by atoms with Gasteiger partial charge in [0.05, 0.1) is 24.5 Å². The number of aliphatic hydroxyl groups is 1. The predicted octanol–water partition coefficient (Wildman–Crippen LogP) is 3.96. The number of hydrogen-bond acceptors (Lipinski definition) is 5. The van der Waals surface area contributed by atoms with Crippen LogP contribution in [0.4, 0.5) is 0 Å². The van der Waals surface area contributed by atoms with Crippen molar-refractivity contribution in [3.8, 4) is 11.5 Å². The lowest BCUT2D eigenvalue weighted by Crippen LogP contribution is -2.41. The van der Waals surface area contributed by atoms with Crippen LogP contribution in [0.1, 0.15) is 63.9 Å². The van der Waals surface area contributed by atoms with Crippen LogP contribution in [0.25, 0.3) is 5.70 Å². The van der Waals surface area contributed by atoms with E-state index < -0.39 is 5.60 Å². The van der Waals surface area contributed by atoms with Crippen molar-refractivity contribution in [1.29, 1.82) is 0 Å². The third kappa shape index (κ3) is 3.55. The molecule has 1 aromatic carbocycles. The first-order chi connectivity index (χ1) is 12.5. The zero-order valence-electron chi connectivity index (χ0n) is 15.7. The number of methoxy groups -OCH3 is 1. The number of hydroxylamine groups is 1. The van der Waals surface area contributed by atoms with Crippen LogP contribution in [0.15, 0.2) is 24.3 Å². The molecule has 0 radical (unpaired) electrons. The van der Waals surface area contributed by atoms with Gasteiger partial charge >= 0.3 is 0 Å². The Balaban J connectivity index is 1.55. The van der Waals surface area contributed by atoms with E-state index in [0.717, 1.165) is 61.3 Å². The van der Waals surface area contributed by atoms with Gasteiger partial charge in [-0.2, -0.15) is 0 Å². The molecule has 5 heteroatoms. The molecule has 1 spiro atoms. The van der Waals surface area contributed by atoms with E-state index >= 15 is 0 Å². The number of benzene rings is 1. The molecule has 1 aromatic rings. The smallest absolute Gasteiger partial charge is 0.162 e. The molecular weight excluding hydrogens is 330 g/mol. The Labute approximate surface area is 155 Å². The van der Waals surface area contributed by atoms with Gasteiger partial charge in [-0.3, -0.25) is 10.3 Å². The van der Waals surface area contributed by atoms with Crippen molar-refractivity contribution in [3.63, 3.8) is 0 Å². The summed E-state index contributed by atoms with van der Waals surface area (Å²) >= 11 is 0. The Hall–Kier alpha value is -1.72. The fraction of sp³-hybridized carbons (Fsp3) is 0.619. The third-order valence-electron chi connectivity index (χ3n) is 6.02. The normalized spacial score (nSPS) is 31.7. The Kier molecular flexibility index (Phi) is 4.61. The topological polar surface area (TPSA) is 60.0 Å². The van der Waals surface area contributed by atoms with Crippen molar-refractivity contribution in [2.75, 3.05) is 7.11 Å². The van der Waals surface area contributed by atoms with Gasteiger partial charge in [0, 0.05) is 5.56 Å². The van der Waals surface area contributed by atoms with Crippen molar-refractivity contribution in [3.05, 3.63) is 29.8 Å². The fourth-order valence-corrected chi connectivity index (χ4v) is 4.20. The molecule has 2 fully saturated rings. The standard InChI is InChI=1S/C21H29NO4/c1-20(23)9-11-21(12-10-20)14-17(22-26-21)15-7-8-18(24-2)19(13-15)25-16-5-3-4-6-16/h7-8,13-14,16,22-23H,3-6,9-12H2,1-2H3. The molecule has 1 aliphatic heterocycles. The fourth-order valence-electron chi connectivity index (χ4n) is 4.20. The van der Waals surface area contributed by atoms with E-state index in [1.807, 2.05) is 25.1 Å².